The van der Waals surface area contributed by atoms with Gasteiger partial charge in [-0.05, 0) is 12.1 Å². The lowest BCUT2D eigenvalue weighted by Crippen LogP contribution is -2.17. The van der Waals surface area contributed by atoms with Crippen LogP contribution in [0.4, 0.5) is 0 Å². The molecule has 0 spiro atoms. The minimum Gasteiger partial charge on any atom is -0.390 e. The predicted octanol–water partition coefficient (Wildman–Crippen LogP) is 1.09. The number of benzene rings is 1. The normalized spacial score (nSPS) is 9.76. The molecule has 10 heteroatoms. The van der Waals surface area contributed by atoms with Crippen LogP contribution in [0.2, 0.25) is 0 Å². The molecule has 0 bridgehead atoms. The van der Waals surface area contributed by atoms with Crippen LogP contribution < -0.4 is 0 Å². The second-order valence-electron chi connectivity index (χ2n) is 4.56. The summed E-state index contributed by atoms with van der Waals surface area (Å²) in [5.74, 6) is -6.39. The third-order valence-electron chi connectivity index (χ3n) is 2.49. The molecular formula is C15H12O9S. The number of hydrogen-bond donors (Lipinski definition) is 1. The molecule has 0 aromatic heterocycles. The summed E-state index contributed by atoms with van der Waals surface area (Å²) < 4.78 is 13.1. The SMILES string of the molecule is CC(=O)OC(=O)c1cc(C(=O)OC(C)=O)c(S)c(C(=O)OC(C)=O)c1. The Morgan fingerprint density at radius 3 is 1.32 bits per heavy atom. The van der Waals surface area contributed by atoms with Crippen LogP contribution >= 0.6 is 12.6 Å². The minimum atomic E-state index is -1.20. The van der Waals surface area contributed by atoms with Crippen LogP contribution in [0.5, 0.6) is 0 Å². The fourth-order valence-electron chi connectivity index (χ4n) is 1.62. The van der Waals surface area contributed by atoms with Gasteiger partial charge in [0.2, 0.25) is 0 Å². The summed E-state index contributed by atoms with van der Waals surface area (Å²) in [6.07, 6.45) is 0. The molecule has 0 fully saturated rings. The molecule has 0 aliphatic rings. The van der Waals surface area contributed by atoms with Crippen molar-refractivity contribution >= 4 is 48.4 Å². The molecule has 0 aliphatic heterocycles. The van der Waals surface area contributed by atoms with Gasteiger partial charge in [-0.3, -0.25) is 14.4 Å². The highest BCUT2D eigenvalue weighted by atomic mass is 32.1. The van der Waals surface area contributed by atoms with E-state index in [9.17, 15) is 28.8 Å². The van der Waals surface area contributed by atoms with E-state index in [1.54, 1.807) is 0 Å². The van der Waals surface area contributed by atoms with Crippen molar-refractivity contribution in [3.05, 3.63) is 28.8 Å². The van der Waals surface area contributed by atoms with Crippen LogP contribution in [-0.2, 0) is 28.6 Å². The van der Waals surface area contributed by atoms with Crippen molar-refractivity contribution in [2.24, 2.45) is 0 Å². The van der Waals surface area contributed by atoms with Gasteiger partial charge in [-0.2, -0.15) is 0 Å². The van der Waals surface area contributed by atoms with Crippen molar-refractivity contribution < 1.29 is 43.0 Å². The number of hydrogen-bond acceptors (Lipinski definition) is 10. The first-order valence-electron chi connectivity index (χ1n) is 6.58. The Bertz CT molecular complexity index is 745. The summed E-state index contributed by atoms with van der Waals surface area (Å²) in [4.78, 5) is 68.2. The van der Waals surface area contributed by atoms with E-state index < -0.39 is 46.9 Å². The van der Waals surface area contributed by atoms with Gasteiger partial charge in [0.1, 0.15) is 0 Å². The molecule has 1 aromatic carbocycles. The molecular weight excluding hydrogens is 356 g/mol. The Labute approximate surface area is 146 Å². The van der Waals surface area contributed by atoms with Crippen molar-refractivity contribution in [2.45, 2.75) is 25.7 Å². The second-order valence-corrected chi connectivity index (χ2v) is 5.01. The molecule has 1 aromatic rings. The quantitative estimate of drug-likeness (QED) is 0.360. The molecule has 0 aliphatic carbocycles. The minimum absolute atomic E-state index is 0.295. The average Bonchev–Trinajstić information content (AvgIpc) is 2.44. The molecule has 0 unspecified atom stereocenters. The summed E-state index contributed by atoms with van der Waals surface area (Å²) in [7, 11) is 0. The third-order valence-corrected chi connectivity index (χ3v) is 2.98. The molecule has 0 heterocycles. The summed E-state index contributed by atoms with van der Waals surface area (Å²) in [5, 5.41) is 0. The fraction of sp³-hybridized carbons (Fsp3) is 0.200. The predicted molar refractivity (Wildman–Crippen MR) is 82.0 cm³/mol. The Kier molecular flexibility index (Phi) is 6.57. The Morgan fingerprint density at radius 2 is 1.00 bits per heavy atom. The molecule has 0 atom stereocenters. The molecule has 0 saturated heterocycles. The average molecular weight is 368 g/mol. The molecule has 0 saturated carbocycles. The smallest absolute Gasteiger partial charge is 0.346 e. The van der Waals surface area contributed by atoms with Crippen LogP contribution in [0.25, 0.3) is 0 Å². The van der Waals surface area contributed by atoms with Crippen molar-refractivity contribution in [1.29, 1.82) is 0 Å². The van der Waals surface area contributed by atoms with Gasteiger partial charge in [0.15, 0.2) is 0 Å². The van der Waals surface area contributed by atoms with Crippen LogP contribution in [-0.4, -0.2) is 35.8 Å². The molecule has 0 N–H and O–H groups in total. The van der Waals surface area contributed by atoms with E-state index in [0.29, 0.717) is 0 Å². The lowest BCUT2D eigenvalue weighted by atomic mass is 10.0. The first-order chi connectivity index (χ1) is 11.5. The molecule has 0 radical (unpaired) electrons. The standard InChI is InChI=1S/C15H12O9S/c1-6(16)22-13(19)9-4-10(14(20)23-7(2)17)12(25)11(5-9)15(21)24-8(3)18/h4-5,25H,1-3H3. The van der Waals surface area contributed by atoms with Crippen molar-refractivity contribution in [1.82, 2.24) is 0 Å². The first-order valence-corrected chi connectivity index (χ1v) is 7.03. The zero-order valence-corrected chi connectivity index (χ0v) is 14.2. The van der Waals surface area contributed by atoms with Crippen LogP contribution in [0.15, 0.2) is 17.0 Å². The van der Waals surface area contributed by atoms with Gasteiger partial charge in [0.25, 0.3) is 0 Å². The largest absolute Gasteiger partial charge is 0.390 e. The lowest BCUT2D eigenvalue weighted by Gasteiger charge is -2.11. The topological polar surface area (TPSA) is 130 Å². The van der Waals surface area contributed by atoms with Crippen LogP contribution in [0.1, 0.15) is 51.8 Å². The molecule has 9 nitrogen and oxygen atoms in total. The van der Waals surface area contributed by atoms with E-state index in [0.717, 1.165) is 32.9 Å². The summed E-state index contributed by atoms with van der Waals surface area (Å²) in [6, 6.07) is 1.84. The number of thiol groups is 1. The summed E-state index contributed by atoms with van der Waals surface area (Å²) >= 11 is 3.98. The van der Waals surface area contributed by atoms with Crippen LogP contribution in [0, 0.1) is 0 Å². The number of rotatable bonds is 3. The number of esters is 6. The van der Waals surface area contributed by atoms with Crippen molar-refractivity contribution in [3.63, 3.8) is 0 Å². The van der Waals surface area contributed by atoms with E-state index in [4.69, 9.17) is 0 Å². The van der Waals surface area contributed by atoms with E-state index in [1.807, 2.05) is 0 Å². The van der Waals surface area contributed by atoms with Gasteiger partial charge >= 0.3 is 35.8 Å². The molecule has 0 amide bonds. The highest BCUT2D eigenvalue weighted by Crippen LogP contribution is 2.24. The van der Waals surface area contributed by atoms with Gasteiger partial charge in [0.05, 0.1) is 16.7 Å². The molecule has 25 heavy (non-hydrogen) atoms. The Hall–Kier alpha value is -3.01. The van der Waals surface area contributed by atoms with Gasteiger partial charge in [0, 0.05) is 25.7 Å². The maximum Gasteiger partial charge on any atom is 0.346 e. The van der Waals surface area contributed by atoms with Crippen molar-refractivity contribution in [2.75, 3.05) is 0 Å². The maximum atomic E-state index is 11.9. The van der Waals surface area contributed by atoms with Gasteiger partial charge in [-0.1, -0.05) is 0 Å². The highest BCUT2D eigenvalue weighted by molar-refractivity contribution is 7.80. The Morgan fingerprint density at radius 1 is 0.680 bits per heavy atom. The van der Waals surface area contributed by atoms with E-state index >= 15 is 0 Å². The van der Waals surface area contributed by atoms with Gasteiger partial charge in [-0.25, -0.2) is 14.4 Å². The number of carbonyl (C=O) groups excluding carboxylic acids is 6. The number of ether oxygens (including phenoxy) is 3. The first kappa shape index (κ1) is 20.0. The lowest BCUT2D eigenvalue weighted by molar-refractivity contribution is -0.136. The van der Waals surface area contributed by atoms with E-state index in [-0.39, 0.29) is 10.5 Å². The monoisotopic (exact) mass is 368 g/mol. The Balaban J connectivity index is 3.49. The summed E-state index contributed by atoms with van der Waals surface area (Å²) in [6.45, 7) is 2.91. The maximum absolute atomic E-state index is 11.9. The van der Waals surface area contributed by atoms with E-state index in [2.05, 4.69) is 26.8 Å². The van der Waals surface area contributed by atoms with Gasteiger partial charge in [-0.15, -0.1) is 12.6 Å². The number of carbonyl (C=O) groups is 6. The summed E-state index contributed by atoms with van der Waals surface area (Å²) in [5.41, 5.74) is -1.27. The van der Waals surface area contributed by atoms with E-state index in [1.165, 1.54) is 0 Å². The molecule has 1 rings (SSSR count). The zero-order chi connectivity index (χ0) is 19.3. The third kappa shape index (κ3) is 5.53. The van der Waals surface area contributed by atoms with Crippen LogP contribution in [0.3, 0.4) is 0 Å². The van der Waals surface area contributed by atoms with Gasteiger partial charge < -0.3 is 14.2 Å². The fourth-order valence-corrected chi connectivity index (χ4v) is 1.94. The highest BCUT2D eigenvalue weighted by Gasteiger charge is 2.25. The second kappa shape index (κ2) is 8.20. The molecule has 132 valence electrons. The van der Waals surface area contributed by atoms with Crippen molar-refractivity contribution in [3.8, 4) is 0 Å². The zero-order valence-electron chi connectivity index (χ0n) is 13.3.